The molecule has 0 bridgehead atoms. The maximum absolute atomic E-state index is 12.3. The zero-order chi connectivity index (χ0) is 14.3. The van der Waals surface area contributed by atoms with Crippen molar-refractivity contribution >= 4 is 27.9 Å². The molecule has 0 aliphatic heterocycles. The van der Waals surface area contributed by atoms with Crippen molar-refractivity contribution < 1.29 is 18.7 Å². The van der Waals surface area contributed by atoms with E-state index >= 15 is 0 Å². The molecule has 1 N–H and O–H groups in total. The molecule has 19 heavy (non-hydrogen) atoms. The van der Waals surface area contributed by atoms with Gasteiger partial charge in [0.25, 0.3) is 6.43 Å². The Morgan fingerprint density at radius 1 is 1.47 bits per heavy atom. The molecule has 3 nitrogen and oxygen atoms in total. The lowest BCUT2D eigenvalue weighted by molar-refractivity contribution is -0.128. The highest BCUT2D eigenvalue weighted by Gasteiger charge is 2.15. The molecule has 1 rings (SSSR count). The number of alkyl halides is 2. The van der Waals surface area contributed by atoms with Gasteiger partial charge in [-0.1, -0.05) is 28.1 Å². The molecule has 0 aliphatic carbocycles. The lowest BCUT2D eigenvalue weighted by Gasteiger charge is -2.19. The van der Waals surface area contributed by atoms with E-state index in [2.05, 4.69) is 15.9 Å². The molecule has 1 aromatic carbocycles. The van der Waals surface area contributed by atoms with Crippen molar-refractivity contribution in [2.45, 2.75) is 6.43 Å². The first-order valence-corrected chi connectivity index (χ1v) is 6.44. The minimum atomic E-state index is -2.62. The van der Waals surface area contributed by atoms with Crippen molar-refractivity contribution in [1.29, 1.82) is 0 Å². The third kappa shape index (κ3) is 5.94. The fourth-order valence-electron chi connectivity index (χ4n) is 1.46. The topological polar surface area (TPSA) is 40.5 Å². The molecule has 6 heteroatoms. The summed E-state index contributed by atoms with van der Waals surface area (Å²) in [5, 5.41) is 8.75. The van der Waals surface area contributed by atoms with Crippen LogP contribution < -0.4 is 0 Å². The van der Waals surface area contributed by atoms with Crippen LogP contribution in [-0.4, -0.2) is 42.0 Å². The summed E-state index contributed by atoms with van der Waals surface area (Å²) in [5.41, 5.74) is 0.781. The fraction of sp³-hybridized carbons (Fsp3) is 0.308. The predicted molar refractivity (Wildman–Crippen MR) is 72.8 cm³/mol. The molecule has 0 unspecified atom stereocenters. The Labute approximate surface area is 118 Å². The van der Waals surface area contributed by atoms with E-state index in [1.807, 2.05) is 6.07 Å². The van der Waals surface area contributed by atoms with Gasteiger partial charge in [0, 0.05) is 17.1 Å². The van der Waals surface area contributed by atoms with Crippen LogP contribution in [0, 0.1) is 0 Å². The molecule has 0 radical (unpaired) electrons. The standard InChI is InChI=1S/C13H14BrF2NO2/c14-11-3-1-2-10(8-11)4-5-13(19)17(6-7-18)9-12(15)16/h1-5,8,12,18H,6-7,9H2/b5-4+. The van der Waals surface area contributed by atoms with Crippen LogP contribution in [0.2, 0.25) is 0 Å². The maximum atomic E-state index is 12.3. The number of carbonyl (C=O) groups is 1. The number of benzene rings is 1. The molecule has 1 amide bonds. The lowest BCUT2D eigenvalue weighted by Crippen LogP contribution is -2.36. The van der Waals surface area contributed by atoms with Crippen molar-refractivity contribution in [2.24, 2.45) is 0 Å². The molecule has 0 atom stereocenters. The van der Waals surface area contributed by atoms with E-state index < -0.39 is 18.9 Å². The number of aliphatic hydroxyl groups excluding tert-OH is 1. The average molecular weight is 334 g/mol. The van der Waals surface area contributed by atoms with E-state index in [0.29, 0.717) is 0 Å². The van der Waals surface area contributed by atoms with Crippen LogP contribution in [-0.2, 0) is 4.79 Å². The monoisotopic (exact) mass is 333 g/mol. The van der Waals surface area contributed by atoms with Crippen molar-refractivity contribution in [3.8, 4) is 0 Å². The summed E-state index contributed by atoms with van der Waals surface area (Å²) < 4.78 is 25.4. The quantitative estimate of drug-likeness (QED) is 0.813. The Hall–Kier alpha value is -1.27. The van der Waals surface area contributed by atoms with Crippen LogP contribution in [0.4, 0.5) is 8.78 Å². The normalized spacial score (nSPS) is 11.2. The van der Waals surface area contributed by atoms with Crippen LogP contribution in [0.1, 0.15) is 5.56 Å². The van der Waals surface area contributed by atoms with Gasteiger partial charge < -0.3 is 10.0 Å². The second-order valence-corrected chi connectivity index (χ2v) is 4.70. The molecule has 0 heterocycles. The first kappa shape index (κ1) is 15.8. The Morgan fingerprint density at radius 2 is 2.21 bits per heavy atom. The summed E-state index contributed by atoms with van der Waals surface area (Å²) in [7, 11) is 0. The summed E-state index contributed by atoms with van der Waals surface area (Å²) in [5.74, 6) is -0.547. The number of carbonyl (C=O) groups excluding carboxylic acids is 1. The van der Waals surface area contributed by atoms with Gasteiger partial charge in [-0.15, -0.1) is 0 Å². The zero-order valence-corrected chi connectivity index (χ0v) is 11.7. The second kappa shape index (κ2) is 8.01. The molecule has 0 fully saturated rings. The van der Waals surface area contributed by atoms with Crippen LogP contribution in [0.25, 0.3) is 6.08 Å². The van der Waals surface area contributed by atoms with E-state index in [9.17, 15) is 13.6 Å². The van der Waals surface area contributed by atoms with Crippen LogP contribution >= 0.6 is 15.9 Å². The molecular weight excluding hydrogens is 320 g/mol. The molecular formula is C13H14BrF2NO2. The van der Waals surface area contributed by atoms with Crippen molar-refractivity contribution in [2.75, 3.05) is 19.7 Å². The number of aliphatic hydroxyl groups is 1. The molecule has 0 aliphatic rings. The van der Waals surface area contributed by atoms with Crippen LogP contribution in [0.15, 0.2) is 34.8 Å². The van der Waals surface area contributed by atoms with Gasteiger partial charge in [-0.05, 0) is 23.8 Å². The van der Waals surface area contributed by atoms with Gasteiger partial charge in [0.2, 0.25) is 5.91 Å². The third-order valence-electron chi connectivity index (χ3n) is 2.31. The Morgan fingerprint density at radius 3 is 2.79 bits per heavy atom. The highest BCUT2D eigenvalue weighted by Crippen LogP contribution is 2.13. The van der Waals surface area contributed by atoms with Crippen molar-refractivity contribution in [3.63, 3.8) is 0 Å². The minimum absolute atomic E-state index is 0.105. The van der Waals surface area contributed by atoms with E-state index in [1.54, 1.807) is 24.3 Å². The Balaban J connectivity index is 2.70. The molecule has 1 aromatic rings. The first-order chi connectivity index (χ1) is 9.02. The second-order valence-electron chi connectivity index (χ2n) is 3.79. The predicted octanol–water partition coefficient (Wildman–Crippen LogP) is 2.55. The van der Waals surface area contributed by atoms with Crippen molar-refractivity contribution in [1.82, 2.24) is 4.90 Å². The minimum Gasteiger partial charge on any atom is -0.395 e. The third-order valence-corrected chi connectivity index (χ3v) is 2.80. The molecule has 0 saturated carbocycles. The number of halogens is 3. The van der Waals surface area contributed by atoms with Gasteiger partial charge in [0.05, 0.1) is 13.2 Å². The van der Waals surface area contributed by atoms with Gasteiger partial charge >= 0.3 is 0 Å². The number of rotatable bonds is 6. The lowest BCUT2D eigenvalue weighted by atomic mass is 10.2. The first-order valence-electron chi connectivity index (χ1n) is 5.64. The smallest absolute Gasteiger partial charge is 0.255 e. The van der Waals surface area contributed by atoms with Gasteiger partial charge in [0.1, 0.15) is 0 Å². The Kier molecular flexibility index (Phi) is 6.66. The molecule has 0 spiro atoms. The van der Waals surface area contributed by atoms with Gasteiger partial charge in [-0.3, -0.25) is 4.79 Å². The van der Waals surface area contributed by atoms with Crippen molar-refractivity contribution in [3.05, 3.63) is 40.4 Å². The van der Waals surface area contributed by atoms with Gasteiger partial charge in [-0.25, -0.2) is 8.78 Å². The average Bonchev–Trinajstić information content (AvgIpc) is 2.35. The van der Waals surface area contributed by atoms with E-state index in [1.165, 1.54) is 6.08 Å². The number of hydrogen-bond donors (Lipinski definition) is 1. The Bertz CT molecular complexity index is 452. The summed E-state index contributed by atoms with van der Waals surface area (Å²) in [6, 6.07) is 7.23. The summed E-state index contributed by atoms with van der Waals surface area (Å²) >= 11 is 3.29. The van der Waals surface area contributed by atoms with E-state index in [4.69, 9.17) is 5.11 Å². The van der Waals surface area contributed by atoms with E-state index in [0.717, 1.165) is 14.9 Å². The molecule has 0 aromatic heterocycles. The zero-order valence-electron chi connectivity index (χ0n) is 10.1. The highest BCUT2D eigenvalue weighted by atomic mass is 79.9. The van der Waals surface area contributed by atoms with Gasteiger partial charge in [-0.2, -0.15) is 0 Å². The summed E-state index contributed by atoms with van der Waals surface area (Å²) in [4.78, 5) is 12.6. The number of nitrogens with zero attached hydrogens (tertiary/aromatic N) is 1. The summed E-state index contributed by atoms with van der Waals surface area (Å²) in [6.45, 7) is -1.13. The van der Waals surface area contributed by atoms with Crippen LogP contribution in [0.3, 0.4) is 0 Å². The number of amides is 1. The highest BCUT2D eigenvalue weighted by molar-refractivity contribution is 9.10. The number of hydrogen-bond acceptors (Lipinski definition) is 2. The maximum Gasteiger partial charge on any atom is 0.255 e. The van der Waals surface area contributed by atoms with E-state index in [-0.39, 0.29) is 13.2 Å². The van der Waals surface area contributed by atoms with Gasteiger partial charge in [0.15, 0.2) is 0 Å². The van der Waals surface area contributed by atoms with Crippen LogP contribution in [0.5, 0.6) is 0 Å². The summed E-state index contributed by atoms with van der Waals surface area (Å²) in [6.07, 6.45) is 0.151. The molecule has 104 valence electrons. The largest absolute Gasteiger partial charge is 0.395 e. The SMILES string of the molecule is O=C(/C=C/c1cccc(Br)c1)N(CCO)CC(F)F. The fourth-order valence-corrected chi connectivity index (χ4v) is 1.88. The molecule has 0 saturated heterocycles.